The summed E-state index contributed by atoms with van der Waals surface area (Å²) < 4.78 is 5.63. The second-order valence-electron chi connectivity index (χ2n) is 7.96. The zero-order chi connectivity index (χ0) is 17.3. The largest absolute Gasteiger partial charge is 0.393 e. The van der Waals surface area contributed by atoms with Crippen LogP contribution < -0.4 is 0 Å². The molecule has 0 unspecified atom stereocenters. The lowest BCUT2D eigenvalue weighted by molar-refractivity contribution is -0.142. The molecule has 4 nitrogen and oxygen atoms in total. The van der Waals surface area contributed by atoms with Gasteiger partial charge in [-0.25, -0.2) is 0 Å². The van der Waals surface area contributed by atoms with Crippen LogP contribution in [0.3, 0.4) is 0 Å². The van der Waals surface area contributed by atoms with E-state index in [4.69, 9.17) is 4.74 Å². The van der Waals surface area contributed by atoms with Gasteiger partial charge in [0.2, 0.25) is 5.91 Å². The zero-order valence-corrected chi connectivity index (χ0v) is 14.9. The van der Waals surface area contributed by atoms with E-state index in [1.807, 2.05) is 18.2 Å². The first-order valence-electron chi connectivity index (χ1n) is 9.85. The van der Waals surface area contributed by atoms with Crippen LogP contribution in [0.15, 0.2) is 30.3 Å². The Bertz CT molecular complexity index is 596. The van der Waals surface area contributed by atoms with Gasteiger partial charge in [-0.2, -0.15) is 0 Å². The van der Waals surface area contributed by atoms with Crippen LogP contribution in [0, 0.1) is 5.92 Å². The number of carbonyl (C=O) groups excluding carboxylic acids is 1. The normalized spacial score (nSPS) is 32.0. The smallest absolute Gasteiger partial charge is 0.233 e. The number of carbonyl (C=O) groups is 1. The standard InChI is InChI=1S/C21H29NO3/c23-19-10-14-25-15-17(19)18-9-6-13-22(18)20(24)21(11-4-5-12-21)16-7-2-1-3-8-16/h1-3,7-8,17-19,23H,4-6,9-15H2/t17-,18-,19+/m1/s1. The van der Waals surface area contributed by atoms with Gasteiger partial charge in [0.05, 0.1) is 18.1 Å². The molecule has 0 aromatic heterocycles. The fourth-order valence-corrected chi connectivity index (χ4v) is 5.24. The highest BCUT2D eigenvalue weighted by Gasteiger charge is 2.49. The van der Waals surface area contributed by atoms with Crippen molar-refractivity contribution in [1.82, 2.24) is 4.90 Å². The second kappa shape index (κ2) is 7.08. The van der Waals surface area contributed by atoms with Crippen molar-refractivity contribution in [2.24, 2.45) is 5.92 Å². The van der Waals surface area contributed by atoms with Crippen LogP contribution in [0.2, 0.25) is 0 Å². The summed E-state index contributed by atoms with van der Waals surface area (Å²) in [6.07, 6.45) is 6.50. The van der Waals surface area contributed by atoms with Gasteiger partial charge < -0.3 is 14.7 Å². The molecule has 1 amide bonds. The monoisotopic (exact) mass is 343 g/mol. The number of amides is 1. The lowest BCUT2D eigenvalue weighted by Gasteiger charge is -2.41. The zero-order valence-electron chi connectivity index (χ0n) is 14.9. The average Bonchev–Trinajstić information content (AvgIpc) is 3.33. The van der Waals surface area contributed by atoms with Crippen molar-refractivity contribution in [3.8, 4) is 0 Å². The fraction of sp³-hybridized carbons (Fsp3) is 0.667. The predicted molar refractivity (Wildman–Crippen MR) is 96.3 cm³/mol. The molecule has 2 aliphatic heterocycles. The Hall–Kier alpha value is -1.39. The maximum Gasteiger partial charge on any atom is 0.233 e. The Kier molecular flexibility index (Phi) is 4.83. The maximum absolute atomic E-state index is 13.7. The molecule has 4 rings (SSSR count). The lowest BCUT2D eigenvalue weighted by Crippen LogP contribution is -2.53. The number of benzene rings is 1. The van der Waals surface area contributed by atoms with E-state index < -0.39 is 0 Å². The summed E-state index contributed by atoms with van der Waals surface area (Å²) in [5.74, 6) is 0.353. The molecular weight excluding hydrogens is 314 g/mol. The topological polar surface area (TPSA) is 49.8 Å². The molecule has 2 heterocycles. The summed E-state index contributed by atoms with van der Waals surface area (Å²) in [5.41, 5.74) is 0.813. The Morgan fingerprint density at radius 3 is 2.60 bits per heavy atom. The molecule has 3 atom stereocenters. The number of aliphatic hydroxyl groups excluding tert-OH is 1. The minimum absolute atomic E-state index is 0.0643. The molecule has 3 fully saturated rings. The predicted octanol–water partition coefficient (Wildman–Crippen LogP) is 2.89. The minimum atomic E-state index is -0.357. The number of hydrogen-bond donors (Lipinski definition) is 1. The summed E-state index contributed by atoms with van der Waals surface area (Å²) in [6.45, 7) is 2.03. The fourth-order valence-electron chi connectivity index (χ4n) is 5.24. The van der Waals surface area contributed by atoms with E-state index >= 15 is 0 Å². The van der Waals surface area contributed by atoms with Crippen LogP contribution >= 0.6 is 0 Å². The molecule has 0 radical (unpaired) electrons. The molecule has 1 aromatic carbocycles. The van der Waals surface area contributed by atoms with Crippen LogP contribution in [0.25, 0.3) is 0 Å². The molecule has 4 heteroatoms. The van der Waals surface area contributed by atoms with E-state index in [1.54, 1.807) is 0 Å². The Morgan fingerprint density at radius 1 is 1.12 bits per heavy atom. The van der Waals surface area contributed by atoms with Gasteiger partial charge in [0.1, 0.15) is 0 Å². The van der Waals surface area contributed by atoms with E-state index in [0.717, 1.165) is 45.1 Å². The van der Waals surface area contributed by atoms with E-state index in [0.29, 0.717) is 19.6 Å². The van der Waals surface area contributed by atoms with Crippen molar-refractivity contribution in [3.63, 3.8) is 0 Å². The van der Waals surface area contributed by atoms with Crippen LogP contribution in [0.5, 0.6) is 0 Å². The number of nitrogens with zero attached hydrogens (tertiary/aromatic N) is 1. The highest BCUT2D eigenvalue weighted by molar-refractivity contribution is 5.89. The molecule has 136 valence electrons. The molecule has 1 aliphatic carbocycles. The SMILES string of the molecule is O=C(N1CCC[C@@H]1[C@H]1COCC[C@@H]1O)C1(c2ccccc2)CCCC1. The average molecular weight is 343 g/mol. The number of ether oxygens (including phenoxy) is 1. The van der Waals surface area contributed by atoms with Gasteiger partial charge >= 0.3 is 0 Å². The minimum Gasteiger partial charge on any atom is -0.393 e. The van der Waals surface area contributed by atoms with E-state index in [1.165, 1.54) is 5.56 Å². The van der Waals surface area contributed by atoms with Crippen LogP contribution in [-0.2, 0) is 14.9 Å². The molecule has 1 saturated carbocycles. The number of rotatable bonds is 3. The van der Waals surface area contributed by atoms with Gasteiger partial charge in [-0.05, 0) is 37.7 Å². The summed E-state index contributed by atoms with van der Waals surface area (Å²) >= 11 is 0. The van der Waals surface area contributed by atoms with Crippen molar-refractivity contribution < 1.29 is 14.6 Å². The number of aliphatic hydroxyl groups is 1. The molecule has 0 bridgehead atoms. The summed E-state index contributed by atoms with van der Waals surface area (Å²) in [6, 6.07) is 10.5. The Morgan fingerprint density at radius 2 is 1.88 bits per heavy atom. The molecule has 2 saturated heterocycles. The van der Waals surface area contributed by atoms with Crippen molar-refractivity contribution in [2.75, 3.05) is 19.8 Å². The summed E-state index contributed by atoms with van der Waals surface area (Å²) in [4.78, 5) is 15.8. The highest BCUT2D eigenvalue weighted by atomic mass is 16.5. The van der Waals surface area contributed by atoms with Crippen molar-refractivity contribution in [3.05, 3.63) is 35.9 Å². The quantitative estimate of drug-likeness (QED) is 0.918. The first-order valence-corrected chi connectivity index (χ1v) is 9.85. The van der Waals surface area contributed by atoms with Gasteiger partial charge in [-0.3, -0.25) is 4.79 Å². The summed E-state index contributed by atoms with van der Waals surface area (Å²) in [5, 5.41) is 10.5. The lowest BCUT2D eigenvalue weighted by atomic mass is 9.77. The third-order valence-electron chi connectivity index (χ3n) is 6.61. The van der Waals surface area contributed by atoms with Crippen molar-refractivity contribution in [2.45, 2.75) is 62.5 Å². The first-order chi connectivity index (χ1) is 12.2. The molecule has 3 aliphatic rings. The van der Waals surface area contributed by atoms with Crippen molar-refractivity contribution in [1.29, 1.82) is 0 Å². The highest BCUT2D eigenvalue weighted by Crippen LogP contribution is 2.44. The number of hydrogen-bond acceptors (Lipinski definition) is 3. The van der Waals surface area contributed by atoms with Crippen molar-refractivity contribution >= 4 is 5.91 Å². The molecule has 1 N–H and O–H groups in total. The van der Waals surface area contributed by atoms with E-state index in [-0.39, 0.29) is 29.4 Å². The Balaban J connectivity index is 1.61. The van der Waals surface area contributed by atoms with Crippen LogP contribution in [0.1, 0.15) is 50.5 Å². The first kappa shape index (κ1) is 17.0. The third kappa shape index (κ3) is 3.00. The molecule has 25 heavy (non-hydrogen) atoms. The van der Waals surface area contributed by atoms with Gasteiger partial charge in [-0.1, -0.05) is 43.2 Å². The maximum atomic E-state index is 13.7. The Labute approximate surface area is 150 Å². The third-order valence-corrected chi connectivity index (χ3v) is 6.61. The van der Waals surface area contributed by atoms with Crippen LogP contribution in [0.4, 0.5) is 0 Å². The number of likely N-dealkylation sites (tertiary alicyclic amines) is 1. The van der Waals surface area contributed by atoms with Gasteiger partial charge in [-0.15, -0.1) is 0 Å². The van der Waals surface area contributed by atoms with Gasteiger partial charge in [0.25, 0.3) is 0 Å². The summed E-state index contributed by atoms with van der Waals surface area (Å²) in [7, 11) is 0. The van der Waals surface area contributed by atoms with Gasteiger partial charge in [0.15, 0.2) is 0 Å². The molecule has 0 spiro atoms. The molecular formula is C21H29NO3. The van der Waals surface area contributed by atoms with Crippen LogP contribution in [-0.4, -0.2) is 47.8 Å². The van der Waals surface area contributed by atoms with Gasteiger partial charge in [0, 0.05) is 25.1 Å². The van der Waals surface area contributed by atoms with E-state index in [2.05, 4.69) is 17.0 Å². The second-order valence-corrected chi connectivity index (χ2v) is 7.96. The molecule has 1 aromatic rings. The van der Waals surface area contributed by atoms with E-state index in [9.17, 15) is 9.90 Å².